The van der Waals surface area contributed by atoms with Crippen molar-refractivity contribution in [3.8, 4) is 11.4 Å². The van der Waals surface area contributed by atoms with Crippen molar-refractivity contribution >= 4 is 5.91 Å². The molecule has 1 aromatic heterocycles. The number of rotatable bonds is 6. The van der Waals surface area contributed by atoms with Crippen LogP contribution >= 0.6 is 0 Å². The molecule has 2 N–H and O–H groups in total. The summed E-state index contributed by atoms with van der Waals surface area (Å²) in [6.07, 6.45) is 2.60. The SMILES string of the molecule is CC1CNCCC1NC(=O)CCCc1nc(-c2ccc(F)cc2)no1. The summed E-state index contributed by atoms with van der Waals surface area (Å²) in [5.41, 5.74) is 0.703. The van der Waals surface area contributed by atoms with Gasteiger partial charge in [0, 0.05) is 24.4 Å². The number of benzene rings is 1. The minimum Gasteiger partial charge on any atom is -0.353 e. The Hall–Kier alpha value is -2.28. The zero-order chi connectivity index (χ0) is 17.6. The monoisotopic (exact) mass is 346 g/mol. The Balaban J connectivity index is 1.44. The third-order valence-electron chi connectivity index (χ3n) is 4.50. The highest BCUT2D eigenvalue weighted by molar-refractivity contribution is 5.76. The first-order valence-corrected chi connectivity index (χ1v) is 8.70. The van der Waals surface area contributed by atoms with E-state index in [2.05, 4.69) is 27.7 Å². The summed E-state index contributed by atoms with van der Waals surface area (Å²) >= 11 is 0. The van der Waals surface area contributed by atoms with Crippen molar-refractivity contribution in [2.24, 2.45) is 5.92 Å². The molecule has 0 aliphatic carbocycles. The number of aryl methyl sites for hydroxylation is 1. The third-order valence-corrected chi connectivity index (χ3v) is 4.50. The van der Waals surface area contributed by atoms with Gasteiger partial charge in [-0.3, -0.25) is 4.79 Å². The second-order valence-corrected chi connectivity index (χ2v) is 6.52. The fourth-order valence-electron chi connectivity index (χ4n) is 2.98. The van der Waals surface area contributed by atoms with Crippen LogP contribution in [0.25, 0.3) is 11.4 Å². The molecule has 25 heavy (non-hydrogen) atoms. The molecule has 0 spiro atoms. The summed E-state index contributed by atoms with van der Waals surface area (Å²) in [5.74, 6) is 1.14. The molecule has 2 unspecified atom stereocenters. The number of halogens is 1. The standard InChI is InChI=1S/C18H23FN4O2/c1-12-11-20-10-9-15(12)21-16(24)3-2-4-17-22-18(23-25-17)13-5-7-14(19)8-6-13/h5-8,12,15,20H,2-4,9-11H2,1H3,(H,21,24). The summed E-state index contributed by atoms with van der Waals surface area (Å²) in [6.45, 7) is 4.04. The number of hydrogen-bond acceptors (Lipinski definition) is 5. The predicted molar refractivity (Wildman–Crippen MR) is 91.2 cm³/mol. The topological polar surface area (TPSA) is 80.0 Å². The maximum atomic E-state index is 12.9. The van der Waals surface area contributed by atoms with Crippen LogP contribution in [0.15, 0.2) is 28.8 Å². The van der Waals surface area contributed by atoms with E-state index < -0.39 is 0 Å². The number of nitrogens with zero attached hydrogens (tertiary/aromatic N) is 2. The van der Waals surface area contributed by atoms with Gasteiger partial charge in [0.2, 0.25) is 17.6 Å². The summed E-state index contributed by atoms with van der Waals surface area (Å²) in [5, 5.41) is 10.3. The molecular formula is C18H23FN4O2. The molecule has 3 rings (SSSR count). The number of aromatic nitrogens is 2. The average molecular weight is 346 g/mol. The van der Waals surface area contributed by atoms with Crippen LogP contribution < -0.4 is 10.6 Å². The van der Waals surface area contributed by atoms with E-state index in [-0.39, 0.29) is 17.8 Å². The van der Waals surface area contributed by atoms with Crippen molar-refractivity contribution in [2.45, 2.75) is 38.6 Å². The lowest BCUT2D eigenvalue weighted by molar-refractivity contribution is -0.122. The first-order valence-electron chi connectivity index (χ1n) is 8.70. The Labute approximate surface area is 146 Å². The molecule has 2 heterocycles. The third kappa shape index (κ3) is 4.85. The Kier molecular flexibility index (Phi) is 5.75. The Bertz CT molecular complexity index is 701. The summed E-state index contributed by atoms with van der Waals surface area (Å²) in [4.78, 5) is 16.4. The Morgan fingerprint density at radius 2 is 2.20 bits per heavy atom. The number of carbonyl (C=O) groups is 1. The summed E-state index contributed by atoms with van der Waals surface area (Å²) in [6, 6.07) is 6.19. The van der Waals surface area contributed by atoms with E-state index in [0.717, 1.165) is 19.5 Å². The lowest BCUT2D eigenvalue weighted by Crippen LogP contribution is -2.48. The highest BCUT2D eigenvalue weighted by Crippen LogP contribution is 2.17. The van der Waals surface area contributed by atoms with E-state index >= 15 is 0 Å². The molecule has 0 saturated carbocycles. The van der Waals surface area contributed by atoms with Crippen molar-refractivity contribution in [1.29, 1.82) is 0 Å². The van der Waals surface area contributed by atoms with Gasteiger partial charge in [0.1, 0.15) is 5.82 Å². The number of piperidine rings is 1. The van der Waals surface area contributed by atoms with Crippen LogP contribution in [0.1, 0.15) is 32.1 Å². The molecule has 0 radical (unpaired) electrons. The predicted octanol–water partition coefficient (Wildman–Crippen LogP) is 2.31. The normalized spacial score (nSPS) is 20.4. The molecule has 1 saturated heterocycles. The lowest BCUT2D eigenvalue weighted by Gasteiger charge is -2.30. The highest BCUT2D eigenvalue weighted by atomic mass is 19.1. The van der Waals surface area contributed by atoms with Gasteiger partial charge in [0.15, 0.2) is 0 Å². The lowest BCUT2D eigenvalue weighted by atomic mass is 9.95. The van der Waals surface area contributed by atoms with E-state index in [1.807, 2.05) is 0 Å². The molecule has 6 nitrogen and oxygen atoms in total. The van der Waals surface area contributed by atoms with E-state index in [9.17, 15) is 9.18 Å². The maximum Gasteiger partial charge on any atom is 0.226 e. The van der Waals surface area contributed by atoms with Gasteiger partial charge in [0.25, 0.3) is 0 Å². The largest absolute Gasteiger partial charge is 0.353 e. The molecule has 0 bridgehead atoms. The first kappa shape index (κ1) is 17.5. The molecular weight excluding hydrogens is 323 g/mol. The molecule has 2 aromatic rings. The van der Waals surface area contributed by atoms with Crippen molar-refractivity contribution in [3.63, 3.8) is 0 Å². The van der Waals surface area contributed by atoms with Crippen molar-refractivity contribution in [1.82, 2.24) is 20.8 Å². The number of nitrogens with one attached hydrogen (secondary N) is 2. The zero-order valence-corrected chi connectivity index (χ0v) is 14.3. The quantitative estimate of drug-likeness (QED) is 0.839. The van der Waals surface area contributed by atoms with Crippen LogP contribution in [-0.4, -0.2) is 35.2 Å². The van der Waals surface area contributed by atoms with E-state index in [0.29, 0.717) is 42.5 Å². The van der Waals surface area contributed by atoms with Crippen LogP contribution in [0.5, 0.6) is 0 Å². The smallest absolute Gasteiger partial charge is 0.226 e. The van der Waals surface area contributed by atoms with Gasteiger partial charge in [0.05, 0.1) is 0 Å². The van der Waals surface area contributed by atoms with E-state index in [4.69, 9.17) is 4.52 Å². The van der Waals surface area contributed by atoms with Gasteiger partial charge in [-0.15, -0.1) is 0 Å². The molecule has 2 atom stereocenters. The molecule has 1 aromatic carbocycles. The molecule has 1 fully saturated rings. The van der Waals surface area contributed by atoms with Gasteiger partial charge in [-0.2, -0.15) is 4.98 Å². The Morgan fingerprint density at radius 1 is 1.40 bits per heavy atom. The van der Waals surface area contributed by atoms with Crippen molar-refractivity contribution < 1.29 is 13.7 Å². The number of amides is 1. The minimum absolute atomic E-state index is 0.0667. The fourth-order valence-corrected chi connectivity index (χ4v) is 2.98. The Morgan fingerprint density at radius 3 is 2.96 bits per heavy atom. The molecule has 1 amide bonds. The maximum absolute atomic E-state index is 12.9. The summed E-state index contributed by atoms with van der Waals surface area (Å²) in [7, 11) is 0. The van der Waals surface area contributed by atoms with Gasteiger partial charge in [-0.25, -0.2) is 4.39 Å². The van der Waals surface area contributed by atoms with Crippen LogP contribution in [0.3, 0.4) is 0 Å². The molecule has 1 aliphatic heterocycles. The average Bonchev–Trinajstić information content (AvgIpc) is 3.06. The number of carbonyl (C=O) groups excluding carboxylic acids is 1. The fraction of sp³-hybridized carbons (Fsp3) is 0.500. The van der Waals surface area contributed by atoms with Crippen LogP contribution in [0.2, 0.25) is 0 Å². The van der Waals surface area contributed by atoms with E-state index in [1.165, 1.54) is 12.1 Å². The zero-order valence-electron chi connectivity index (χ0n) is 14.3. The van der Waals surface area contributed by atoms with Gasteiger partial charge in [-0.05, 0) is 56.1 Å². The molecule has 7 heteroatoms. The minimum atomic E-state index is -0.304. The van der Waals surface area contributed by atoms with E-state index in [1.54, 1.807) is 12.1 Å². The van der Waals surface area contributed by atoms with Crippen LogP contribution in [-0.2, 0) is 11.2 Å². The van der Waals surface area contributed by atoms with Gasteiger partial charge < -0.3 is 15.2 Å². The van der Waals surface area contributed by atoms with Crippen molar-refractivity contribution in [2.75, 3.05) is 13.1 Å². The molecule has 1 aliphatic rings. The second kappa shape index (κ2) is 8.20. The van der Waals surface area contributed by atoms with Crippen molar-refractivity contribution in [3.05, 3.63) is 36.0 Å². The van der Waals surface area contributed by atoms with Crippen LogP contribution in [0, 0.1) is 11.7 Å². The van der Waals surface area contributed by atoms with Gasteiger partial charge >= 0.3 is 0 Å². The summed E-state index contributed by atoms with van der Waals surface area (Å²) < 4.78 is 18.1. The molecule has 134 valence electrons. The highest BCUT2D eigenvalue weighted by Gasteiger charge is 2.22. The van der Waals surface area contributed by atoms with Crippen LogP contribution in [0.4, 0.5) is 4.39 Å². The first-order chi connectivity index (χ1) is 12.1. The van der Waals surface area contributed by atoms with Gasteiger partial charge in [-0.1, -0.05) is 12.1 Å². The second-order valence-electron chi connectivity index (χ2n) is 6.52. The number of hydrogen-bond donors (Lipinski definition) is 2.